The van der Waals surface area contributed by atoms with E-state index in [0.29, 0.717) is 0 Å². The molecule has 1 aromatic carbocycles. The van der Waals surface area contributed by atoms with Crippen LogP contribution in [-0.4, -0.2) is 38.0 Å². The molecule has 0 radical (unpaired) electrons. The SMILES string of the molecule is CCN(CC)c1ccc(C=[N+](C)C)cc1. The molecular formula is C13H21N2+. The fourth-order valence-corrected chi connectivity index (χ4v) is 1.66. The lowest BCUT2D eigenvalue weighted by atomic mass is 10.2. The van der Waals surface area contributed by atoms with Crippen LogP contribution in [0.5, 0.6) is 0 Å². The molecule has 0 fully saturated rings. The Labute approximate surface area is 92.9 Å². The van der Waals surface area contributed by atoms with Gasteiger partial charge in [0.05, 0.1) is 0 Å². The van der Waals surface area contributed by atoms with Crippen molar-refractivity contribution in [1.82, 2.24) is 0 Å². The highest BCUT2D eigenvalue weighted by molar-refractivity contribution is 5.76. The van der Waals surface area contributed by atoms with E-state index in [1.165, 1.54) is 11.3 Å². The van der Waals surface area contributed by atoms with Crippen LogP contribution in [0.15, 0.2) is 24.3 Å². The van der Waals surface area contributed by atoms with Gasteiger partial charge in [0, 0.05) is 24.3 Å². The Kier molecular flexibility index (Phi) is 4.35. The average Bonchev–Trinajstić information content (AvgIpc) is 2.21. The predicted octanol–water partition coefficient (Wildman–Crippen LogP) is 2.22. The first-order valence-corrected chi connectivity index (χ1v) is 5.53. The minimum Gasteiger partial charge on any atom is -0.372 e. The summed E-state index contributed by atoms with van der Waals surface area (Å²) in [5.41, 5.74) is 2.55. The van der Waals surface area contributed by atoms with E-state index >= 15 is 0 Å². The topological polar surface area (TPSA) is 6.25 Å². The standard InChI is InChI=1S/C13H21N2/c1-5-15(6-2)13-9-7-12(8-10-13)11-14(3)4/h7-11H,5-6H2,1-4H3/q+1. The Morgan fingerprint density at radius 2 is 1.60 bits per heavy atom. The summed E-state index contributed by atoms with van der Waals surface area (Å²) in [5.74, 6) is 0. The normalized spacial score (nSPS) is 9.87. The summed E-state index contributed by atoms with van der Waals surface area (Å²) >= 11 is 0. The minimum atomic E-state index is 1.06. The summed E-state index contributed by atoms with van der Waals surface area (Å²) in [4.78, 5) is 2.35. The smallest absolute Gasteiger partial charge is 0.170 e. The van der Waals surface area contributed by atoms with Crippen molar-refractivity contribution in [2.45, 2.75) is 13.8 Å². The molecule has 2 heteroatoms. The first-order chi connectivity index (χ1) is 7.17. The van der Waals surface area contributed by atoms with Crippen molar-refractivity contribution in [3.8, 4) is 0 Å². The van der Waals surface area contributed by atoms with Gasteiger partial charge in [0.25, 0.3) is 0 Å². The summed E-state index contributed by atoms with van der Waals surface area (Å²) in [6.45, 7) is 6.49. The molecule has 82 valence electrons. The molecule has 0 unspecified atom stereocenters. The minimum absolute atomic E-state index is 1.06. The molecule has 0 aliphatic carbocycles. The van der Waals surface area contributed by atoms with Crippen LogP contribution in [0.4, 0.5) is 5.69 Å². The van der Waals surface area contributed by atoms with Crippen molar-refractivity contribution in [3.63, 3.8) is 0 Å². The van der Waals surface area contributed by atoms with Gasteiger partial charge in [-0.15, -0.1) is 0 Å². The number of benzene rings is 1. The Hall–Kier alpha value is -1.31. The summed E-state index contributed by atoms with van der Waals surface area (Å²) in [5, 5.41) is 0. The second-order valence-electron chi connectivity index (χ2n) is 3.86. The van der Waals surface area contributed by atoms with E-state index in [4.69, 9.17) is 0 Å². The fourth-order valence-electron chi connectivity index (χ4n) is 1.66. The lowest BCUT2D eigenvalue weighted by molar-refractivity contribution is -0.458. The highest BCUT2D eigenvalue weighted by atomic mass is 15.1. The second-order valence-corrected chi connectivity index (χ2v) is 3.86. The molecule has 0 aliphatic rings. The zero-order valence-corrected chi connectivity index (χ0v) is 10.2. The van der Waals surface area contributed by atoms with E-state index in [9.17, 15) is 0 Å². The van der Waals surface area contributed by atoms with Crippen LogP contribution in [-0.2, 0) is 0 Å². The average molecular weight is 205 g/mol. The van der Waals surface area contributed by atoms with E-state index in [1.54, 1.807) is 0 Å². The molecule has 2 nitrogen and oxygen atoms in total. The van der Waals surface area contributed by atoms with E-state index < -0.39 is 0 Å². The van der Waals surface area contributed by atoms with Crippen molar-refractivity contribution in [1.29, 1.82) is 0 Å². The number of hydrogen-bond donors (Lipinski definition) is 0. The molecule has 0 saturated heterocycles. The van der Waals surface area contributed by atoms with Crippen molar-refractivity contribution < 1.29 is 4.58 Å². The third-order valence-electron chi connectivity index (χ3n) is 2.43. The van der Waals surface area contributed by atoms with Crippen LogP contribution in [0.1, 0.15) is 19.4 Å². The molecule has 0 spiro atoms. The van der Waals surface area contributed by atoms with Gasteiger partial charge in [-0.05, 0) is 38.1 Å². The van der Waals surface area contributed by atoms with Gasteiger partial charge in [0.1, 0.15) is 14.1 Å². The lowest BCUT2D eigenvalue weighted by Gasteiger charge is -2.20. The Balaban J connectivity index is 2.84. The predicted molar refractivity (Wildman–Crippen MR) is 67.3 cm³/mol. The monoisotopic (exact) mass is 205 g/mol. The molecule has 15 heavy (non-hydrogen) atoms. The fraction of sp³-hybridized carbons (Fsp3) is 0.462. The number of anilines is 1. The number of hydrogen-bond acceptors (Lipinski definition) is 1. The number of nitrogens with zero attached hydrogens (tertiary/aromatic N) is 2. The van der Waals surface area contributed by atoms with Gasteiger partial charge in [-0.1, -0.05) is 0 Å². The van der Waals surface area contributed by atoms with E-state index in [0.717, 1.165) is 13.1 Å². The molecule has 1 rings (SSSR count). The molecular weight excluding hydrogens is 184 g/mol. The first kappa shape index (κ1) is 11.8. The van der Waals surface area contributed by atoms with Gasteiger partial charge in [-0.25, -0.2) is 4.58 Å². The van der Waals surface area contributed by atoms with Crippen LogP contribution < -0.4 is 4.90 Å². The van der Waals surface area contributed by atoms with Crippen molar-refractivity contribution in [2.24, 2.45) is 0 Å². The Morgan fingerprint density at radius 1 is 1.07 bits per heavy atom. The van der Waals surface area contributed by atoms with Crippen molar-refractivity contribution >= 4 is 11.9 Å². The van der Waals surface area contributed by atoms with E-state index in [-0.39, 0.29) is 0 Å². The summed E-state index contributed by atoms with van der Waals surface area (Å²) in [7, 11) is 4.08. The summed E-state index contributed by atoms with van der Waals surface area (Å²) in [6.07, 6.45) is 2.12. The van der Waals surface area contributed by atoms with Crippen LogP contribution in [0.25, 0.3) is 0 Å². The summed E-state index contributed by atoms with van der Waals surface area (Å²) in [6, 6.07) is 8.69. The first-order valence-electron chi connectivity index (χ1n) is 5.53. The van der Waals surface area contributed by atoms with Crippen LogP contribution >= 0.6 is 0 Å². The van der Waals surface area contributed by atoms with Gasteiger partial charge in [0.15, 0.2) is 6.21 Å². The Bertz CT molecular complexity index is 317. The lowest BCUT2D eigenvalue weighted by Crippen LogP contribution is -2.21. The van der Waals surface area contributed by atoms with Gasteiger partial charge in [-0.2, -0.15) is 0 Å². The van der Waals surface area contributed by atoms with Gasteiger partial charge >= 0.3 is 0 Å². The third kappa shape index (κ3) is 3.39. The van der Waals surface area contributed by atoms with Crippen LogP contribution in [0.2, 0.25) is 0 Å². The van der Waals surface area contributed by atoms with Gasteiger partial charge in [0.2, 0.25) is 0 Å². The molecule has 0 heterocycles. The molecule has 0 saturated carbocycles. The molecule has 0 aromatic heterocycles. The largest absolute Gasteiger partial charge is 0.372 e. The van der Waals surface area contributed by atoms with Crippen LogP contribution in [0, 0.1) is 0 Å². The van der Waals surface area contributed by atoms with Gasteiger partial charge < -0.3 is 4.90 Å². The molecule has 0 bridgehead atoms. The molecule has 0 atom stereocenters. The van der Waals surface area contributed by atoms with Crippen molar-refractivity contribution in [2.75, 3.05) is 32.1 Å². The zero-order chi connectivity index (χ0) is 11.3. The van der Waals surface area contributed by atoms with Crippen molar-refractivity contribution in [3.05, 3.63) is 29.8 Å². The molecule has 0 amide bonds. The number of rotatable bonds is 4. The summed E-state index contributed by atoms with van der Waals surface area (Å²) < 4.78 is 2.06. The molecule has 0 N–H and O–H groups in total. The van der Waals surface area contributed by atoms with E-state index in [1.807, 2.05) is 14.1 Å². The quantitative estimate of drug-likeness (QED) is 0.539. The van der Waals surface area contributed by atoms with Crippen LogP contribution in [0.3, 0.4) is 0 Å². The zero-order valence-electron chi connectivity index (χ0n) is 10.2. The molecule has 0 aliphatic heterocycles. The second kappa shape index (κ2) is 5.54. The third-order valence-corrected chi connectivity index (χ3v) is 2.43. The van der Waals surface area contributed by atoms with E-state index in [2.05, 4.69) is 53.8 Å². The maximum absolute atomic E-state index is 2.35. The highest BCUT2D eigenvalue weighted by Gasteiger charge is 2.01. The maximum atomic E-state index is 2.35. The Morgan fingerprint density at radius 3 is 2.00 bits per heavy atom. The maximum Gasteiger partial charge on any atom is 0.170 e. The molecule has 1 aromatic rings. The van der Waals surface area contributed by atoms with Gasteiger partial charge in [-0.3, -0.25) is 0 Å². The highest BCUT2D eigenvalue weighted by Crippen LogP contribution is 2.13.